The molecule has 33 heavy (non-hydrogen) atoms. The number of carbonyl (C=O) groups excluding carboxylic acids is 4. The Morgan fingerprint density at radius 2 is 1.76 bits per heavy atom. The Bertz CT molecular complexity index is 786. The molecule has 1 aromatic rings. The number of nitrogens with zero attached hydrogens (tertiary/aromatic N) is 3. The molecule has 0 aliphatic carbocycles. The Morgan fingerprint density at radius 3 is 2.33 bits per heavy atom. The van der Waals surface area contributed by atoms with Crippen molar-refractivity contribution < 1.29 is 28.8 Å². The first-order chi connectivity index (χ1) is 15.6. The summed E-state index contributed by atoms with van der Waals surface area (Å²) in [6, 6.07) is -1.10. The summed E-state index contributed by atoms with van der Waals surface area (Å²) in [4.78, 5) is 63.5. The molecule has 10 nitrogen and oxygen atoms in total. The molecule has 2 heterocycles. The van der Waals surface area contributed by atoms with E-state index in [9.17, 15) is 19.2 Å². The molecule has 0 saturated carbocycles. The van der Waals surface area contributed by atoms with Crippen LogP contribution in [0.5, 0.6) is 0 Å². The molecule has 1 saturated heterocycles. The van der Waals surface area contributed by atoms with Crippen LogP contribution in [-0.2, 0) is 30.4 Å². The summed E-state index contributed by atoms with van der Waals surface area (Å²) in [5, 5.41) is 0.500. The molecule has 1 aromatic heterocycles. The maximum absolute atomic E-state index is 13.2. The molecular formula is C23H36N4O6. The maximum Gasteiger partial charge on any atom is 0.411 e. The average Bonchev–Trinajstić information content (AvgIpc) is 3.36. The zero-order chi connectivity index (χ0) is 24.4. The zero-order valence-electron chi connectivity index (χ0n) is 20.1. The molecule has 0 spiro atoms. The summed E-state index contributed by atoms with van der Waals surface area (Å²) in [5.41, 5.74) is -0.160. The van der Waals surface area contributed by atoms with E-state index in [0.29, 0.717) is 17.2 Å². The molecule has 1 aliphatic rings. The first-order valence-electron chi connectivity index (χ1n) is 11.7. The van der Waals surface area contributed by atoms with Crippen molar-refractivity contribution in [2.75, 3.05) is 6.54 Å². The van der Waals surface area contributed by atoms with Gasteiger partial charge in [0.15, 0.2) is 0 Å². The van der Waals surface area contributed by atoms with Gasteiger partial charge in [-0.3, -0.25) is 14.5 Å². The molecule has 184 valence electrons. The third-order valence-electron chi connectivity index (χ3n) is 5.18. The van der Waals surface area contributed by atoms with Crippen molar-refractivity contribution in [2.24, 2.45) is 0 Å². The van der Waals surface area contributed by atoms with Gasteiger partial charge in [-0.1, -0.05) is 39.0 Å². The van der Waals surface area contributed by atoms with E-state index in [-0.39, 0.29) is 25.8 Å². The van der Waals surface area contributed by atoms with Crippen LogP contribution in [0.2, 0.25) is 0 Å². The van der Waals surface area contributed by atoms with Crippen LogP contribution < -0.4 is 0 Å². The molecule has 0 bridgehead atoms. The molecular weight excluding hydrogens is 428 g/mol. The quantitative estimate of drug-likeness (QED) is 0.371. The standard InChI is InChI=1S/C23H36N4O6/c1-5-6-7-8-9-10-13-26(22(31)32-23(2,3)4)18(14-17-15-24-16-25-17)21(30)33-27-19(28)11-12-20(27)29/h15-16,18H,5-14H2,1-4H3,(H,24,25)/t18-/m0/s1. The largest absolute Gasteiger partial charge is 0.444 e. The minimum Gasteiger partial charge on any atom is -0.444 e. The highest BCUT2D eigenvalue weighted by Gasteiger charge is 2.39. The number of imide groups is 1. The van der Waals surface area contributed by atoms with Gasteiger partial charge in [0.2, 0.25) is 0 Å². The number of nitrogens with one attached hydrogen (secondary N) is 1. The summed E-state index contributed by atoms with van der Waals surface area (Å²) >= 11 is 0. The molecule has 1 fully saturated rings. The summed E-state index contributed by atoms with van der Waals surface area (Å²) in [6.45, 7) is 7.66. The highest BCUT2D eigenvalue weighted by molar-refractivity contribution is 6.01. The Balaban J connectivity index is 2.21. The lowest BCUT2D eigenvalue weighted by Gasteiger charge is -2.32. The highest BCUT2D eigenvalue weighted by Crippen LogP contribution is 2.19. The number of rotatable bonds is 12. The maximum atomic E-state index is 13.2. The number of hydroxylamine groups is 2. The van der Waals surface area contributed by atoms with Gasteiger partial charge < -0.3 is 14.6 Å². The minimum atomic E-state index is -1.10. The van der Waals surface area contributed by atoms with Crippen LogP contribution >= 0.6 is 0 Å². The number of ether oxygens (including phenoxy) is 1. The third kappa shape index (κ3) is 8.51. The normalized spacial score (nSPS) is 15.0. The number of aromatic nitrogens is 2. The second-order valence-electron chi connectivity index (χ2n) is 9.23. The van der Waals surface area contributed by atoms with E-state index in [0.717, 1.165) is 32.1 Å². The fourth-order valence-electron chi connectivity index (χ4n) is 3.49. The van der Waals surface area contributed by atoms with Crippen molar-refractivity contribution in [2.45, 2.75) is 97.1 Å². The summed E-state index contributed by atoms with van der Waals surface area (Å²) in [7, 11) is 0. The van der Waals surface area contributed by atoms with E-state index in [1.54, 1.807) is 27.0 Å². The molecule has 0 radical (unpaired) electrons. The van der Waals surface area contributed by atoms with E-state index in [1.807, 2.05) is 0 Å². The van der Waals surface area contributed by atoms with E-state index < -0.39 is 35.5 Å². The van der Waals surface area contributed by atoms with E-state index in [1.165, 1.54) is 11.2 Å². The molecule has 1 aliphatic heterocycles. The van der Waals surface area contributed by atoms with E-state index in [4.69, 9.17) is 9.57 Å². The number of H-pyrrole nitrogens is 1. The Kier molecular flexibility index (Phi) is 9.87. The Labute approximate surface area is 195 Å². The van der Waals surface area contributed by atoms with Crippen molar-refractivity contribution >= 4 is 23.9 Å². The van der Waals surface area contributed by atoms with Crippen LogP contribution in [0, 0.1) is 0 Å². The fraction of sp³-hybridized carbons (Fsp3) is 0.696. The Hall–Kier alpha value is -2.91. The zero-order valence-corrected chi connectivity index (χ0v) is 20.1. The number of carbonyl (C=O) groups is 4. The number of hydrogen-bond acceptors (Lipinski definition) is 7. The van der Waals surface area contributed by atoms with Gasteiger partial charge in [0.1, 0.15) is 11.6 Å². The van der Waals surface area contributed by atoms with Crippen LogP contribution in [0.15, 0.2) is 12.5 Å². The van der Waals surface area contributed by atoms with E-state index in [2.05, 4.69) is 16.9 Å². The lowest BCUT2D eigenvalue weighted by Crippen LogP contribution is -2.51. The van der Waals surface area contributed by atoms with Crippen molar-refractivity contribution in [3.8, 4) is 0 Å². The summed E-state index contributed by atoms with van der Waals surface area (Å²) < 4.78 is 5.56. The van der Waals surface area contributed by atoms with Gasteiger partial charge in [0.25, 0.3) is 11.8 Å². The minimum absolute atomic E-state index is 0.00906. The van der Waals surface area contributed by atoms with Gasteiger partial charge in [-0.25, -0.2) is 14.6 Å². The molecule has 0 unspecified atom stereocenters. The first-order valence-corrected chi connectivity index (χ1v) is 11.7. The third-order valence-corrected chi connectivity index (χ3v) is 5.18. The summed E-state index contributed by atoms with van der Waals surface area (Å²) in [5.74, 6) is -2.02. The summed E-state index contributed by atoms with van der Waals surface area (Å²) in [6.07, 6.45) is 8.42. The average molecular weight is 465 g/mol. The second-order valence-corrected chi connectivity index (χ2v) is 9.23. The monoisotopic (exact) mass is 464 g/mol. The molecule has 3 amide bonds. The lowest BCUT2D eigenvalue weighted by molar-refractivity contribution is -0.201. The Morgan fingerprint density at radius 1 is 1.12 bits per heavy atom. The lowest BCUT2D eigenvalue weighted by atomic mass is 10.1. The van der Waals surface area contributed by atoms with Crippen LogP contribution in [-0.4, -0.2) is 62.0 Å². The van der Waals surface area contributed by atoms with Gasteiger partial charge in [-0.15, -0.1) is 5.06 Å². The second kappa shape index (κ2) is 12.4. The number of imidazole rings is 1. The van der Waals surface area contributed by atoms with Crippen molar-refractivity contribution in [3.63, 3.8) is 0 Å². The van der Waals surface area contributed by atoms with Crippen LogP contribution in [0.4, 0.5) is 4.79 Å². The molecule has 1 atom stereocenters. The highest BCUT2D eigenvalue weighted by atomic mass is 16.7. The van der Waals surface area contributed by atoms with Crippen LogP contribution in [0.1, 0.15) is 84.8 Å². The smallest absolute Gasteiger partial charge is 0.411 e. The van der Waals surface area contributed by atoms with Gasteiger partial charge in [0.05, 0.1) is 6.33 Å². The van der Waals surface area contributed by atoms with Crippen molar-refractivity contribution in [1.82, 2.24) is 19.9 Å². The van der Waals surface area contributed by atoms with E-state index >= 15 is 0 Å². The van der Waals surface area contributed by atoms with Crippen molar-refractivity contribution in [3.05, 3.63) is 18.2 Å². The number of unbranched alkanes of at least 4 members (excludes halogenated alkanes) is 5. The van der Waals surface area contributed by atoms with Gasteiger partial charge in [-0.05, 0) is 27.2 Å². The predicted molar refractivity (Wildman–Crippen MR) is 120 cm³/mol. The van der Waals surface area contributed by atoms with Gasteiger partial charge in [0, 0.05) is 37.7 Å². The van der Waals surface area contributed by atoms with Crippen LogP contribution in [0.3, 0.4) is 0 Å². The SMILES string of the molecule is CCCCCCCCN(C(=O)OC(C)(C)C)[C@@H](Cc1cnc[nH]1)C(=O)ON1C(=O)CCC1=O. The first kappa shape index (κ1) is 26.3. The number of aromatic amines is 1. The molecule has 0 aromatic carbocycles. The topological polar surface area (TPSA) is 122 Å². The fourth-order valence-corrected chi connectivity index (χ4v) is 3.49. The molecule has 10 heteroatoms. The van der Waals surface area contributed by atoms with Gasteiger partial charge >= 0.3 is 12.1 Å². The van der Waals surface area contributed by atoms with Gasteiger partial charge in [-0.2, -0.15) is 0 Å². The number of hydrogen-bond donors (Lipinski definition) is 1. The number of amides is 3. The van der Waals surface area contributed by atoms with Crippen molar-refractivity contribution in [1.29, 1.82) is 0 Å². The predicted octanol–water partition coefficient (Wildman–Crippen LogP) is 3.53. The molecule has 2 rings (SSSR count). The van der Waals surface area contributed by atoms with Crippen LogP contribution in [0.25, 0.3) is 0 Å². The molecule has 1 N–H and O–H groups in total.